The number of aromatic nitrogens is 5. The third-order valence-corrected chi connectivity index (χ3v) is 4.91. The summed E-state index contributed by atoms with van der Waals surface area (Å²) in [5.74, 6) is 0. The molecule has 0 aliphatic heterocycles. The number of rotatable bonds is 10. The molecule has 3 rings (SSSR count). The molecular formula is C21H29N5. The summed E-state index contributed by atoms with van der Waals surface area (Å²) in [4.78, 5) is 13.6. The second-order valence-corrected chi connectivity index (χ2v) is 6.82. The minimum absolute atomic E-state index is 0.243. The third-order valence-electron chi connectivity index (χ3n) is 4.91. The monoisotopic (exact) mass is 351 g/mol. The van der Waals surface area contributed by atoms with Gasteiger partial charge in [0.25, 0.3) is 0 Å². The molecule has 2 unspecified atom stereocenters. The number of hydrogen-bond acceptors (Lipinski definition) is 3. The lowest BCUT2D eigenvalue weighted by Crippen LogP contribution is -2.15. The van der Waals surface area contributed by atoms with Gasteiger partial charge in [-0.2, -0.15) is 0 Å². The molecule has 0 spiro atoms. The maximum atomic E-state index is 5.09. The van der Waals surface area contributed by atoms with E-state index >= 15 is 0 Å². The van der Waals surface area contributed by atoms with Crippen molar-refractivity contribution in [2.75, 3.05) is 0 Å². The first-order valence-electron chi connectivity index (χ1n) is 9.75. The highest BCUT2D eigenvalue weighted by Gasteiger charge is 2.19. The largest absolute Gasteiger partial charge is 0.328 e. The number of imidazole rings is 2. The summed E-state index contributed by atoms with van der Waals surface area (Å²) < 4.78 is 4.36. The Morgan fingerprint density at radius 1 is 0.808 bits per heavy atom. The Hall–Kier alpha value is -2.43. The van der Waals surface area contributed by atoms with E-state index in [9.17, 15) is 0 Å². The summed E-state index contributed by atoms with van der Waals surface area (Å²) in [6.45, 7) is 4.46. The van der Waals surface area contributed by atoms with Crippen molar-refractivity contribution in [1.82, 2.24) is 24.1 Å². The summed E-state index contributed by atoms with van der Waals surface area (Å²) in [5.41, 5.74) is 2.24. The summed E-state index contributed by atoms with van der Waals surface area (Å²) in [6, 6.07) is 6.92. The maximum Gasteiger partial charge on any atom is 0.0952 e. The molecule has 0 amide bonds. The second-order valence-electron chi connectivity index (χ2n) is 6.82. The van der Waals surface area contributed by atoms with E-state index in [-0.39, 0.29) is 12.1 Å². The molecule has 2 atom stereocenters. The van der Waals surface area contributed by atoms with E-state index in [1.807, 2.05) is 37.4 Å². The van der Waals surface area contributed by atoms with Gasteiger partial charge in [-0.1, -0.05) is 45.6 Å². The smallest absolute Gasteiger partial charge is 0.0952 e. The number of unbranched alkanes of at least 4 members (excludes halogenated alkanes) is 2. The van der Waals surface area contributed by atoms with Crippen molar-refractivity contribution in [2.24, 2.45) is 0 Å². The van der Waals surface area contributed by atoms with Crippen LogP contribution in [0.3, 0.4) is 0 Å². The van der Waals surface area contributed by atoms with Crippen LogP contribution in [0.5, 0.6) is 0 Å². The Morgan fingerprint density at radius 3 is 1.69 bits per heavy atom. The van der Waals surface area contributed by atoms with Crippen molar-refractivity contribution < 1.29 is 0 Å². The van der Waals surface area contributed by atoms with Crippen LogP contribution in [0.15, 0.2) is 55.6 Å². The molecule has 0 saturated carbocycles. The Labute approximate surface area is 156 Å². The van der Waals surface area contributed by atoms with Crippen molar-refractivity contribution in [2.45, 2.75) is 64.5 Å². The van der Waals surface area contributed by atoms with Gasteiger partial charge in [-0.15, -0.1) is 0 Å². The topological polar surface area (TPSA) is 48.5 Å². The summed E-state index contributed by atoms with van der Waals surface area (Å²) in [6.07, 6.45) is 18.4. The predicted molar refractivity (Wildman–Crippen MR) is 104 cm³/mol. The van der Waals surface area contributed by atoms with E-state index in [0.29, 0.717) is 0 Å². The van der Waals surface area contributed by atoms with Gasteiger partial charge in [-0.3, -0.25) is 4.98 Å². The molecular weight excluding hydrogens is 322 g/mol. The fourth-order valence-corrected chi connectivity index (χ4v) is 3.44. The van der Waals surface area contributed by atoms with Crippen LogP contribution in [-0.2, 0) is 0 Å². The highest BCUT2D eigenvalue weighted by atomic mass is 15.1. The number of nitrogens with zero attached hydrogens (tertiary/aromatic N) is 5. The third kappa shape index (κ3) is 4.40. The van der Waals surface area contributed by atoms with Gasteiger partial charge in [0.1, 0.15) is 0 Å². The van der Waals surface area contributed by atoms with Crippen molar-refractivity contribution in [1.29, 1.82) is 0 Å². The Kier molecular flexibility index (Phi) is 6.58. The molecule has 0 fully saturated rings. The van der Waals surface area contributed by atoms with Gasteiger partial charge in [0, 0.05) is 24.8 Å². The molecule has 5 nitrogen and oxygen atoms in total. The molecule has 5 heteroatoms. The molecule has 0 N–H and O–H groups in total. The lowest BCUT2D eigenvalue weighted by molar-refractivity contribution is 0.481. The standard InChI is InChI=1S/C21H29N5/c1-3-5-10-20(25-14-12-22-16-25)18-8-7-9-19(24-18)21(11-6-4-2)26-15-13-23-17-26/h7-9,12-17,20-21H,3-6,10-11H2,1-2H3. The summed E-state index contributed by atoms with van der Waals surface area (Å²) >= 11 is 0. The SMILES string of the molecule is CCCCC(c1cccc(C(CCCC)n2ccnc2)n1)n1ccnc1. The van der Waals surface area contributed by atoms with E-state index < -0.39 is 0 Å². The van der Waals surface area contributed by atoms with Gasteiger partial charge < -0.3 is 9.13 Å². The van der Waals surface area contributed by atoms with E-state index in [0.717, 1.165) is 24.2 Å². The number of hydrogen-bond donors (Lipinski definition) is 0. The molecule has 3 aromatic rings. The van der Waals surface area contributed by atoms with Gasteiger partial charge >= 0.3 is 0 Å². The molecule has 0 aliphatic rings. The zero-order chi connectivity index (χ0) is 18.2. The van der Waals surface area contributed by atoms with E-state index in [1.165, 1.54) is 25.7 Å². The fraction of sp³-hybridized carbons (Fsp3) is 0.476. The normalized spacial score (nSPS) is 13.6. The first-order valence-corrected chi connectivity index (χ1v) is 9.75. The first kappa shape index (κ1) is 18.4. The first-order chi connectivity index (χ1) is 12.8. The molecule has 3 aromatic heterocycles. The van der Waals surface area contributed by atoms with Crippen LogP contribution < -0.4 is 0 Å². The quantitative estimate of drug-likeness (QED) is 0.514. The van der Waals surface area contributed by atoms with Gasteiger partial charge in [0.2, 0.25) is 0 Å². The van der Waals surface area contributed by atoms with Crippen LogP contribution in [-0.4, -0.2) is 24.1 Å². The van der Waals surface area contributed by atoms with Gasteiger partial charge in [-0.25, -0.2) is 9.97 Å². The van der Waals surface area contributed by atoms with E-state index in [4.69, 9.17) is 4.98 Å². The molecule has 0 bridgehead atoms. The highest BCUT2D eigenvalue weighted by Crippen LogP contribution is 2.27. The molecule has 0 aromatic carbocycles. The Bertz CT molecular complexity index is 687. The van der Waals surface area contributed by atoms with Crippen LogP contribution in [0.25, 0.3) is 0 Å². The minimum Gasteiger partial charge on any atom is -0.328 e. The molecule has 0 saturated heterocycles. The van der Waals surface area contributed by atoms with Crippen molar-refractivity contribution in [3.8, 4) is 0 Å². The molecule has 26 heavy (non-hydrogen) atoms. The van der Waals surface area contributed by atoms with Crippen LogP contribution in [0.4, 0.5) is 0 Å². The minimum atomic E-state index is 0.243. The predicted octanol–water partition coefficient (Wildman–Crippen LogP) is 5.03. The van der Waals surface area contributed by atoms with Gasteiger partial charge in [0.05, 0.1) is 36.1 Å². The van der Waals surface area contributed by atoms with Crippen LogP contribution >= 0.6 is 0 Å². The second kappa shape index (κ2) is 9.32. The average Bonchev–Trinajstić information content (AvgIpc) is 3.37. The van der Waals surface area contributed by atoms with Crippen LogP contribution in [0.2, 0.25) is 0 Å². The molecule has 0 aliphatic carbocycles. The lowest BCUT2D eigenvalue weighted by Gasteiger charge is -2.22. The number of pyridine rings is 1. The average molecular weight is 351 g/mol. The highest BCUT2D eigenvalue weighted by molar-refractivity contribution is 5.19. The summed E-state index contributed by atoms with van der Waals surface area (Å²) in [5, 5.41) is 0. The Balaban J connectivity index is 1.91. The van der Waals surface area contributed by atoms with Crippen molar-refractivity contribution in [3.05, 3.63) is 67.0 Å². The fourth-order valence-electron chi connectivity index (χ4n) is 3.44. The molecule has 3 heterocycles. The lowest BCUT2D eigenvalue weighted by atomic mass is 10.0. The molecule has 0 radical (unpaired) electrons. The van der Waals surface area contributed by atoms with E-state index in [1.54, 1.807) is 0 Å². The van der Waals surface area contributed by atoms with Crippen LogP contribution in [0, 0.1) is 0 Å². The van der Waals surface area contributed by atoms with Crippen molar-refractivity contribution in [3.63, 3.8) is 0 Å². The Morgan fingerprint density at radius 2 is 1.31 bits per heavy atom. The maximum absolute atomic E-state index is 5.09. The zero-order valence-corrected chi connectivity index (χ0v) is 15.8. The van der Waals surface area contributed by atoms with Gasteiger partial charge in [0.15, 0.2) is 0 Å². The van der Waals surface area contributed by atoms with Gasteiger partial charge in [-0.05, 0) is 25.0 Å². The molecule has 138 valence electrons. The van der Waals surface area contributed by atoms with Crippen molar-refractivity contribution >= 4 is 0 Å². The summed E-state index contributed by atoms with van der Waals surface area (Å²) in [7, 11) is 0. The van der Waals surface area contributed by atoms with E-state index in [2.05, 4.69) is 51.1 Å². The zero-order valence-electron chi connectivity index (χ0n) is 15.8. The van der Waals surface area contributed by atoms with Crippen LogP contribution in [0.1, 0.15) is 75.8 Å².